The molecule has 3 fully saturated rings. The number of fused-ring (bicyclic) bond motifs is 9. The van der Waals surface area contributed by atoms with E-state index in [0.717, 1.165) is 41.9 Å². The molecule has 7 atom stereocenters. The minimum atomic E-state index is -0.622. The third-order valence-corrected chi connectivity index (χ3v) is 6.68. The molecule has 18 heavy (non-hydrogen) atoms. The van der Waals surface area contributed by atoms with Crippen molar-refractivity contribution in [3.63, 3.8) is 0 Å². The van der Waals surface area contributed by atoms with Gasteiger partial charge in [0.15, 0.2) is 0 Å². The van der Waals surface area contributed by atoms with Gasteiger partial charge in [-0.3, -0.25) is 4.79 Å². The predicted molar refractivity (Wildman–Crippen MR) is 68.9 cm³/mol. The molecule has 0 saturated heterocycles. The van der Waals surface area contributed by atoms with Crippen LogP contribution in [-0.2, 0) is 4.79 Å². The quantitative estimate of drug-likeness (QED) is 0.612. The standard InChI is InChI=1S/C16H22O2/c1-16(5-4-13(17)18)8-11-7-12(16)15-10-3-2-9(6-10)14(11)15/h2-3,9-12,14-15H,4-8H2,1H3,(H,17,18). The van der Waals surface area contributed by atoms with Gasteiger partial charge in [0.1, 0.15) is 0 Å². The number of carboxylic acids is 1. The molecule has 4 aliphatic carbocycles. The first-order valence-electron chi connectivity index (χ1n) is 7.48. The molecular weight excluding hydrogens is 224 g/mol. The Hall–Kier alpha value is -0.790. The van der Waals surface area contributed by atoms with Gasteiger partial charge in [-0.05, 0) is 66.6 Å². The minimum absolute atomic E-state index is 0.322. The third-order valence-electron chi connectivity index (χ3n) is 6.68. The second kappa shape index (κ2) is 3.40. The highest BCUT2D eigenvalue weighted by molar-refractivity contribution is 5.66. The number of hydrogen-bond donors (Lipinski definition) is 1. The molecule has 0 heterocycles. The minimum Gasteiger partial charge on any atom is -0.481 e. The Labute approximate surface area is 108 Å². The van der Waals surface area contributed by atoms with Crippen LogP contribution in [-0.4, -0.2) is 11.1 Å². The van der Waals surface area contributed by atoms with Crippen LogP contribution < -0.4 is 0 Å². The van der Waals surface area contributed by atoms with E-state index in [0.29, 0.717) is 11.8 Å². The lowest BCUT2D eigenvalue weighted by Gasteiger charge is -2.43. The molecule has 4 aliphatic rings. The molecule has 0 aromatic carbocycles. The number of carboxylic acid groups (broad SMARTS) is 1. The molecule has 0 spiro atoms. The molecule has 2 heteroatoms. The molecule has 0 radical (unpaired) electrons. The van der Waals surface area contributed by atoms with Crippen LogP contribution in [0.3, 0.4) is 0 Å². The van der Waals surface area contributed by atoms with Crippen LogP contribution >= 0.6 is 0 Å². The Morgan fingerprint density at radius 3 is 2.72 bits per heavy atom. The number of aliphatic carboxylic acids is 1. The zero-order valence-corrected chi connectivity index (χ0v) is 11.0. The van der Waals surface area contributed by atoms with Gasteiger partial charge in [-0.25, -0.2) is 0 Å². The largest absolute Gasteiger partial charge is 0.481 e. The van der Waals surface area contributed by atoms with Crippen molar-refractivity contribution < 1.29 is 9.90 Å². The zero-order valence-electron chi connectivity index (χ0n) is 11.0. The van der Waals surface area contributed by atoms with Crippen molar-refractivity contribution >= 4 is 5.97 Å². The topological polar surface area (TPSA) is 37.3 Å². The molecule has 0 aromatic rings. The highest BCUT2D eigenvalue weighted by Crippen LogP contribution is 2.71. The molecule has 0 aromatic heterocycles. The Morgan fingerprint density at radius 2 is 2.00 bits per heavy atom. The lowest BCUT2D eigenvalue weighted by Crippen LogP contribution is -2.37. The Morgan fingerprint density at radius 1 is 1.28 bits per heavy atom. The normalized spacial score (nSPS) is 55.2. The first kappa shape index (κ1) is 11.1. The molecule has 3 saturated carbocycles. The van der Waals surface area contributed by atoms with Crippen molar-refractivity contribution in [3.8, 4) is 0 Å². The van der Waals surface area contributed by atoms with Crippen LogP contribution in [0.5, 0.6) is 0 Å². The Balaban J connectivity index is 1.58. The van der Waals surface area contributed by atoms with Gasteiger partial charge in [0.2, 0.25) is 0 Å². The van der Waals surface area contributed by atoms with E-state index in [9.17, 15) is 4.79 Å². The third kappa shape index (κ3) is 1.27. The maximum atomic E-state index is 10.8. The van der Waals surface area contributed by atoms with Crippen LogP contribution in [0.4, 0.5) is 0 Å². The van der Waals surface area contributed by atoms with E-state index in [4.69, 9.17) is 5.11 Å². The van der Waals surface area contributed by atoms with Gasteiger partial charge in [0.05, 0.1) is 0 Å². The van der Waals surface area contributed by atoms with E-state index in [1.807, 2.05) is 0 Å². The summed E-state index contributed by atoms with van der Waals surface area (Å²) < 4.78 is 0. The van der Waals surface area contributed by atoms with Gasteiger partial charge in [-0.15, -0.1) is 0 Å². The monoisotopic (exact) mass is 246 g/mol. The smallest absolute Gasteiger partial charge is 0.303 e. The molecule has 4 bridgehead atoms. The van der Waals surface area contributed by atoms with Gasteiger partial charge >= 0.3 is 5.97 Å². The molecule has 4 rings (SSSR count). The lowest BCUT2D eigenvalue weighted by molar-refractivity contribution is -0.138. The van der Waals surface area contributed by atoms with Gasteiger partial charge < -0.3 is 5.11 Å². The Kier molecular flexibility index (Phi) is 2.09. The van der Waals surface area contributed by atoms with Crippen molar-refractivity contribution in [3.05, 3.63) is 12.2 Å². The van der Waals surface area contributed by atoms with Crippen molar-refractivity contribution in [2.75, 3.05) is 0 Å². The van der Waals surface area contributed by atoms with E-state index >= 15 is 0 Å². The number of hydrogen-bond acceptors (Lipinski definition) is 1. The maximum absolute atomic E-state index is 10.8. The highest BCUT2D eigenvalue weighted by Gasteiger charge is 2.64. The molecule has 0 amide bonds. The lowest BCUT2D eigenvalue weighted by atomic mass is 9.61. The highest BCUT2D eigenvalue weighted by atomic mass is 16.4. The molecule has 2 nitrogen and oxygen atoms in total. The summed E-state index contributed by atoms with van der Waals surface area (Å²) in [6.07, 6.45) is 10.3. The van der Waals surface area contributed by atoms with Crippen molar-refractivity contribution in [2.24, 2.45) is 40.9 Å². The van der Waals surface area contributed by atoms with Crippen LogP contribution in [0.15, 0.2) is 12.2 Å². The summed E-state index contributed by atoms with van der Waals surface area (Å²) in [5.74, 6) is 4.66. The van der Waals surface area contributed by atoms with Gasteiger partial charge in [0, 0.05) is 6.42 Å². The summed E-state index contributed by atoms with van der Waals surface area (Å²) in [7, 11) is 0. The molecule has 98 valence electrons. The molecule has 1 N–H and O–H groups in total. The second-order valence-corrected chi connectivity index (χ2v) is 7.46. The van der Waals surface area contributed by atoms with Gasteiger partial charge in [-0.2, -0.15) is 0 Å². The van der Waals surface area contributed by atoms with Crippen LogP contribution in [0.2, 0.25) is 0 Å². The summed E-state index contributed by atoms with van der Waals surface area (Å²) in [5, 5.41) is 8.94. The molecule has 0 aliphatic heterocycles. The van der Waals surface area contributed by atoms with Crippen molar-refractivity contribution in [1.82, 2.24) is 0 Å². The van der Waals surface area contributed by atoms with E-state index in [1.54, 1.807) is 0 Å². The number of allylic oxidation sites excluding steroid dienone is 2. The fourth-order valence-electron chi connectivity index (χ4n) is 6.17. The van der Waals surface area contributed by atoms with Gasteiger partial charge in [0.25, 0.3) is 0 Å². The fraction of sp³-hybridized carbons (Fsp3) is 0.812. The van der Waals surface area contributed by atoms with Crippen LogP contribution in [0, 0.1) is 40.9 Å². The second-order valence-electron chi connectivity index (χ2n) is 7.46. The first-order valence-corrected chi connectivity index (χ1v) is 7.48. The predicted octanol–water partition coefficient (Wildman–Crippen LogP) is 3.34. The number of carbonyl (C=O) groups is 1. The molecule has 7 unspecified atom stereocenters. The summed E-state index contributed by atoms with van der Waals surface area (Å²) in [4.78, 5) is 10.8. The summed E-state index contributed by atoms with van der Waals surface area (Å²) in [6.45, 7) is 2.37. The van der Waals surface area contributed by atoms with E-state index in [-0.39, 0.29) is 0 Å². The molecular formula is C16H22O2. The Bertz CT molecular complexity index is 427. The first-order chi connectivity index (χ1) is 8.58. The van der Waals surface area contributed by atoms with Crippen LogP contribution in [0.25, 0.3) is 0 Å². The SMILES string of the molecule is CC1(CCC(=O)O)CC2CC1C1C3C=CC(C3)C21. The van der Waals surface area contributed by atoms with E-state index < -0.39 is 5.97 Å². The van der Waals surface area contributed by atoms with Crippen LogP contribution in [0.1, 0.15) is 39.0 Å². The number of rotatable bonds is 3. The average Bonchev–Trinajstić information content (AvgIpc) is 3.02. The summed E-state index contributed by atoms with van der Waals surface area (Å²) >= 11 is 0. The average molecular weight is 246 g/mol. The summed E-state index contributed by atoms with van der Waals surface area (Å²) in [5.41, 5.74) is 0.322. The zero-order chi connectivity index (χ0) is 12.5. The van der Waals surface area contributed by atoms with Gasteiger partial charge in [-0.1, -0.05) is 19.1 Å². The maximum Gasteiger partial charge on any atom is 0.303 e. The fourth-order valence-corrected chi connectivity index (χ4v) is 6.17. The van der Waals surface area contributed by atoms with Crippen molar-refractivity contribution in [2.45, 2.75) is 39.0 Å². The summed E-state index contributed by atoms with van der Waals surface area (Å²) in [6, 6.07) is 0. The van der Waals surface area contributed by atoms with Crippen molar-refractivity contribution in [1.29, 1.82) is 0 Å². The van der Waals surface area contributed by atoms with E-state index in [2.05, 4.69) is 19.1 Å². The van der Waals surface area contributed by atoms with E-state index in [1.165, 1.54) is 19.3 Å².